The molecular weight excluding hydrogens is 363 g/mol. The molecule has 5 nitrogen and oxygen atoms in total. The molecular formula is C13H10Cl2N4OS2. The average molecular weight is 373 g/mol. The van der Waals surface area contributed by atoms with Crippen molar-refractivity contribution in [3.05, 3.63) is 38.4 Å². The molecule has 0 unspecified atom stereocenters. The smallest absolute Gasteiger partial charge is 0.259 e. The third-order valence-electron chi connectivity index (χ3n) is 2.94. The highest BCUT2D eigenvalue weighted by molar-refractivity contribution is 7.20. The third-order valence-corrected chi connectivity index (χ3v) is 5.50. The predicted molar refractivity (Wildman–Crippen MR) is 91.3 cm³/mol. The van der Waals surface area contributed by atoms with E-state index >= 15 is 0 Å². The summed E-state index contributed by atoms with van der Waals surface area (Å²) in [5, 5.41) is 3.25. The summed E-state index contributed by atoms with van der Waals surface area (Å²) in [7, 11) is 1.91. The molecule has 0 aliphatic carbocycles. The number of nitrogens with zero attached hydrogens (tertiary/aromatic N) is 3. The van der Waals surface area contributed by atoms with E-state index in [1.807, 2.05) is 24.7 Å². The number of hydrogen-bond acceptors (Lipinski definition) is 5. The predicted octanol–water partition coefficient (Wildman–Crippen LogP) is 4.47. The summed E-state index contributed by atoms with van der Waals surface area (Å²) >= 11 is 14.4. The average Bonchev–Trinajstić information content (AvgIpc) is 3.10. The fraction of sp³-hybridized carbons (Fsp3) is 0.154. The van der Waals surface area contributed by atoms with Gasteiger partial charge in [0.05, 0.1) is 20.5 Å². The van der Waals surface area contributed by atoms with Crippen molar-refractivity contribution in [2.45, 2.75) is 6.92 Å². The van der Waals surface area contributed by atoms with Crippen LogP contribution in [0.2, 0.25) is 8.67 Å². The number of anilines is 1. The molecule has 3 heterocycles. The first kappa shape index (κ1) is 15.5. The van der Waals surface area contributed by atoms with E-state index in [1.54, 1.807) is 12.3 Å². The van der Waals surface area contributed by atoms with E-state index in [1.165, 1.54) is 11.3 Å². The van der Waals surface area contributed by atoms with Gasteiger partial charge >= 0.3 is 0 Å². The summed E-state index contributed by atoms with van der Waals surface area (Å²) in [6, 6.07) is 1.55. The van der Waals surface area contributed by atoms with Crippen molar-refractivity contribution < 1.29 is 4.79 Å². The van der Waals surface area contributed by atoms with Crippen LogP contribution in [0.15, 0.2) is 18.5 Å². The van der Waals surface area contributed by atoms with E-state index in [4.69, 9.17) is 23.2 Å². The lowest BCUT2D eigenvalue weighted by Gasteiger charge is -1.99. The van der Waals surface area contributed by atoms with Gasteiger partial charge in [0.2, 0.25) is 0 Å². The largest absolute Gasteiger partial charge is 0.333 e. The molecule has 22 heavy (non-hydrogen) atoms. The number of amides is 1. The standard InChI is InChI=1S/C13H10Cl2N4OS2/c1-6-9(11-16-3-4-19(11)2)22-13(17-6)18-12(20)7-5-8(14)21-10(7)15/h3-5H,1-2H3,(H,17,18,20). The Morgan fingerprint density at radius 1 is 1.36 bits per heavy atom. The molecule has 3 rings (SSSR count). The second-order valence-corrected chi connectivity index (χ2v) is 7.77. The van der Waals surface area contributed by atoms with Gasteiger partial charge in [-0.2, -0.15) is 0 Å². The van der Waals surface area contributed by atoms with Gasteiger partial charge in [-0.25, -0.2) is 9.97 Å². The molecule has 0 aliphatic rings. The Morgan fingerprint density at radius 2 is 2.14 bits per heavy atom. The minimum atomic E-state index is -0.326. The van der Waals surface area contributed by atoms with E-state index in [2.05, 4.69) is 15.3 Å². The van der Waals surface area contributed by atoms with Gasteiger partial charge in [-0.15, -0.1) is 11.3 Å². The molecule has 3 aromatic rings. The number of thiophene rings is 1. The third kappa shape index (κ3) is 2.89. The number of nitrogens with one attached hydrogen (secondary N) is 1. The minimum Gasteiger partial charge on any atom is -0.333 e. The molecule has 1 N–H and O–H groups in total. The van der Waals surface area contributed by atoms with Crippen molar-refractivity contribution in [2.75, 3.05) is 5.32 Å². The number of halogens is 2. The Kier molecular flexibility index (Phi) is 4.22. The molecule has 0 aromatic carbocycles. The molecule has 0 saturated heterocycles. The zero-order chi connectivity index (χ0) is 15.9. The minimum absolute atomic E-state index is 0.326. The maximum atomic E-state index is 12.2. The van der Waals surface area contributed by atoms with Crippen LogP contribution in [0.3, 0.4) is 0 Å². The van der Waals surface area contributed by atoms with E-state index in [9.17, 15) is 4.79 Å². The van der Waals surface area contributed by atoms with Crippen LogP contribution in [0.5, 0.6) is 0 Å². The zero-order valence-electron chi connectivity index (χ0n) is 11.6. The summed E-state index contributed by atoms with van der Waals surface area (Å²) in [4.78, 5) is 21.8. The van der Waals surface area contributed by atoms with E-state index in [-0.39, 0.29) is 5.91 Å². The molecule has 9 heteroatoms. The molecule has 0 spiro atoms. The van der Waals surface area contributed by atoms with E-state index in [0.717, 1.165) is 27.7 Å². The van der Waals surface area contributed by atoms with Crippen molar-refractivity contribution >= 4 is 56.9 Å². The number of aryl methyl sites for hydroxylation is 2. The Morgan fingerprint density at radius 3 is 2.73 bits per heavy atom. The van der Waals surface area contributed by atoms with Crippen LogP contribution in [0.1, 0.15) is 16.1 Å². The molecule has 114 valence electrons. The van der Waals surface area contributed by atoms with Crippen molar-refractivity contribution in [1.29, 1.82) is 0 Å². The van der Waals surface area contributed by atoms with Crippen LogP contribution in [-0.4, -0.2) is 20.4 Å². The number of rotatable bonds is 3. The highest BCUT2D eigenvalue weighted by Gasteiger charge is 2.18. The van der Waals surface area contributed by atoms with Gasteiger partial charge in [-0.1, -0.05) is 34.5 Å². The molecule has 0 radical (unpaired) electrons. The number of hydrogen-bond donors (Lipinski definition) is 1. The number of aromatic nitrogens is 3. The summed E-state index contributed by atoms with van der Waals surface area (Å²) in [5.41, 5.74) is 1.16. The Labute approximate surface area is 144 Å². The van der Waals surface area contributed by atoms with Crippen molar-refractivity contribution in [3.63, 3.8) is 0 Å². The van der Waals surface area contributed by atoms with Crippen molar-refractivity contribution in [3.8, 4) is 10.7 Å². The van der Waals surface area contributed by atoms with E-state index in [0.29, 0.717) is 19.4 Å². The lowest BCUT2D eigenvalue weighted by molar-refractivity contribution is 0.102. The second-order valence-electron chi connectivity index (χ2n) is 4.49. The normalized spacial score (nSPS) is 10.9. The molecule has 1 amide bonds. The summed E-state index contributed by atoms with van der Waals surface area (Å²) in [6.07, 6.45) is 3.58. The Bertz CT molecular complexity index is 852. The first-order chi connectivity index (χ1) is 10.5. The van der Waals surface area contributed by atoms with Gasteiger partial charge in [-0.05, 0) is 13.0 Å². The van der Waals surface area contributed by atoms with Gasteiger partial charge in [0.25, 0.3) is 5.91 Å². The van der Waals surface area contributed by atoms with Crippen LogP contribution in [0.25, 0.3) is 10.7 Å². The molecule has 0 atom stereocenters. The van der Waals surface area contributed by atoms with Gasteiger partial charge in [0, 0.05) is 19.4 Å². The molecule has 3 aromatic heterocycles. The first-order valence-electron chi connectivity index (χ1n) is 6.17. The lowest BCUT2D eigenvalue weighted by Crippen LogP contribution is -2.11. The van der Waals surface area contributed by atoms with Crippen LogP contribution in [0, 0.1) is 6.92 Å². The Balaban J connectivity index is 1.87. The highest BCUT2D eigenvalue weighted by atomic mass is 35.5. The van der Waals surface area contributed by atoms with Crippen LogP contribution in [-0.2, 0) is 7.05 Å². The van der Waals surface area contributed by atoms with Gasteiger partial charge < -0.3 is 4.57 Å². The fourth-order valence-electron chi connectivity index (χ4n) is 1.90. The topological polar surface area (TPSA) is 59.8 Å². The van der Waals surface area contributed by atoms with Crippen LogP contribution >= 0.6 is 45.9 Å². The fourth-order valence-corrected chi connectivity index (χ4v) is 4.36. The van der Waals surface area contributed by atoms with E-state index < -0.39 is 0 Å². The quantitative estimate of drug-likeness (QED) is 0.737. The van der Waals surface area contributed by atoms with Crippen molar-refractivity contribution in [1.82, 2.24) is 14.5 Å². The molecule has 0 aliphatic heterocycles. The van der Waals surface area contributed by atoms with Gasteiger partial charge in [-0.3, -0.25) is 10.1 Å². The number of carbonyl (C=O) groups excluding carboxylic acids is 1. The Hall–Kier alpha value is -1.41. The molecule has 0 saturated carbocycles. The number of thiazole rings is 1. The lowest BCUT2D eigenvalue weighted by atomic mass is 10.3. The monoisotopic (exact) mass is 372 g/mol. The molecule has 0 fully saturated rings. The summed E-state index contributed by atoms with van der Waals surface area (Å²) in [5.74, 6) is 0.486. The van der Waals surface area contributed by atoms with Crippen LogP contribution in [0.4, 0.5) is 5.13 Å². The highest BCUT2D eigenvalue weighted by Crippen LogP contribution is 2.34. The molecule has 0 bridgehead atoms. The summed E-state index contributed by atoms with van der Waals surface area (Å²) in [6.45, 7) is 1.88. The number of carbonyl (C=O) groups is 1. The maximum absolute atomic E-state index is 12.2. The SMILES string of the molecule is Cc1nc(NC(=O)c2cc(Cl)sc2Cl)sc1-c1nccn1C. The number of imidazole rings is 1. The summed E-state index contributed by atoms with van der Waals surface area (Å²) < 4.78 is 2.74. The van der Waals surface area contributed by atoms with Gasteiger partial charge in [0.1, 0.15) is 4.34 Å². The second kappa shape index (κ2) is 6.00. The zero-order valence-corrected chi connectivity index (χ0v) is 14.7. The van der Waals surface area contributed by atoms with Crippen molar-refractivity contribution in [2.24, 2.45) is 7.05 Å². The maximum Gasteiger partial charge on any atom is 0.259 e. The van der Waals surface area contributed by atoms with Gasteiger partial charge in [0.15, 0.2) is 11.0 Å². The van der Waals surface area contributed by atoms with Crippen LogP contribution < -0.4 is 5.32 Å². The first-order valence-corrected chi connectivity index (χ1v) is 8.56.